The van der Waals surface area contributed by atoms with Gasteiger partial charge in [-0.15, -0.1) is 0 Å². The Morgan fingerprint density at radius 1 is 1.42 bits per heavy atom. The summed E-state index contributed by atoms with van der Waals surface area (Å²) in [6, 6.07) is 1.88. The van der Waals surface area contributed by atoms with E-state index >= 15 is 0 Å². The van der Waals surface area contributed by atoms with E-state index in [1.807, 2.05) is 6.07 Å². The fourth-order valence-electron chi connectivity index (χ4n) is 1.69. The number of H-pyrrole nitrogens is 1. The molecule has 0 aliphatic rings. The lowest BCUT2D eigenvalue weighted by Gasteiger charge is -2.08. The SMILES string of the molecule is CC(C)c1cncc(NC(=O)c2c[nH]c(=O)n2C)c1. The number of anilines is 1. The Labute approximate surface area is 110 Å². The molecule has 0 aliphatic carbocycles. The van der Waals surface area contributed by atoms with Crippen LogP contribution in [0.5, 0.6) is 0 Å². The van der Waals surface area contributed by atoms with Gasteiger partial charge in [0.05, 0.1) is 11.9 Å². The highest BCUT2D eigenvalue weighted by molar-refractivity contribution is 6.02. The Balaban J connectivity index is 2.22. The summed E-state index contributed by atoms with van der Waals surface area (Å²) >= 11 is 0. The Morgan fingerprint density at radius 2 is 2.16 bits per heavy atom. The molecule has 0 unspecified atom stereocenters. The number of nitrogens with zero attached hydrogens (tertiary/aromatic N) is 2. The van der Waals surface area contributed by atoms with Crippen LogP contribution < -0.4 is 11.0 Å². The second-order valence-corrected chi connectivity index (χ2v) is 4.65. The minimum absolute atomic E-state index is 0.278. The van der Waals surface area contributed by atoms with E-state index < -0.39 is 0 Å². The van der Waals surface area contributed by atoms with Gasteiger partial charge in [-0.2, -0.15) is 0 Å². The summed E-state index contributed by atoms with van der Waals surface area (Å²) in [5.41, 5.74) is 1.62. The lowest BCUT2D eigenvalue weighted by molar-refractivity contribution is 0.101. The van der Waals surface area contributed by atoms with Gasteiger partial charge in [-0.1, -0.05) is 13.8 Å². The van der Waals surface area contributed by atoms with Gasteiger partial charge in [-0.3, -0.25) is 14.3 Å². The van der Waals surface area contributed by atoms with E-state index in [9.17, 15) is 9.59 Å². The van der Waals surface area contributed by atoms with Gasteiger partial charge >= 0.3 is 5.69 Å². The number of imidazole rings is 1. The van der Waals surface area contributed by atoms with Crippen molar-refractivity contribution >= 4 is 11.6 Å². The molecule has 6 heteroatoms. The first-order valence-electron chi connectivity index (χ1n) is 5.99. The molecule has 2 heterocycles. The van der Waals surface area contributed by atoms with Crippen LogP contribution in [0.4, 0.5) is 5.69 Å². The average molecular weight is 260 g/mol. The topological polar surface area (TPSA) is 79.8 Å². The second kappa shape index (κ2) is 5.09. The van der Waals surface area contributed by atoms with Gasteiger partial charge < -0.3 is 10.3 Å². The molecule has 2 rings (SSSR count). The Hall–Kier alpha value is -2.37. The van der Waals surface area contributed by atoms with Crippen LogP contribution in [0.15, 0.2) is 29.5 Å². The maximum Gasteiger partial charge on any atom is 0.325 e. The first-order chi connectivity index (χ1) is 8.99. The van der Waals surface area contributed by atoms with E-state index in [0.29, 0.717) is 11.6 Å². The third-order valence-electron chi connectivity index (χ3n) is 2.91. The van der Waals surface area contributed by atoms with Gasteiger partial charge in [0.15, 0.2) is 0 Å². The predicted molar refractivity (Wildman–Crippen MR) is 72.3 cm³/mol. The summed E-state index contributed by atoms with van der Waals surface area (Å²) < 4.78 is 1.26. The monoisotopic (exact) mass is 260 g/mol. The van der Waals surface area contributed by atoms with Crippen LogP contribution in [0, 0.1) is 0 Å². The number of carbonyl (C=O) groups excluding carboxylic acids is 1. The van der Waals surface area contributed by atoms with Crippen molar-refractivity contribution in [1.82, 2.24) is 14.5 Å². The molecule has 0 atom stereocenters. The highest BCUT2D eigenvalue weighted by Crippen LogP contribution is 2.17. The highest BCUT2D eigenvalue weighted by Gasteiger charge is 2.12. The molecule has 2 aromatic rings. The first-order valence-corrected chi connectivity index (χ1v) is 5.99. The van der Waals surface area contributed by atoms with Gasteiger partial charge in [0, 0.05) is 19.4 Å². The molecule has 6 nitrogen and oxygen atoms in total. The standard InChI is InChI=1S/C13H16N4O2/c1-8(2)9-4-10(6-14-5-9)16-12(18)11-7-15-13(19)17(11)3/h4-8H,1-3H3,(H,15,19)(H,16,18). The Bertz CT molecular complexity index is 655. The lowest BCUT2D eigenvalue weighted by atomic mass is 10.1. The van der Waals surface area contributed by atoms with Gasteiger partial charge in [0.1, 0.15) is 5.69 Å². The molecule has 0 spiro atoms. The van der Waals surface area contributed by atoms with Crippen molar-refractivity contribution in [2.45, 2.75) is 19.8 Å². The van der Waals surface area contributed by atoms with E-state index in [4.69, 9.17) is 0 Å². The summed E-state index contributed by atoms with van der Waals surface area (Å²) in [4.78, 5) is 29.8. The van der Waals surface area contributed by atoms with Crippen LogP contribution in [0.2, 0.25) is 0 Å². The van der Waals surface area contributed by atoms with Gasteiger partial charge in [0.25, 0.3) is 5.91 Å². The number of hydrogen-bond acceptors (Lipinski definition) is 3. The van der Waals surface area contributed by atoms with Crippen LogP contribution in [0.1, 0.15) is 35.8 Å². The van der Waals surface area contributed by atoms with Crippen molar-refractivity contribution in [2.75, 3.05) is 5.32 Å². The third-order valence-corrected chi connectivity index (χ3v) is 2.91. The van der Waals surface area contributed by atoms with E-state index in [-0.39, 0.29) is 17.3 Å². The van der Waals surface area contributed by atoms with Crippen molar-refractivity contribution < 1.29 is 4.79 Å². The molecular formula is C13H16N4O2. The maximum absolute atomic E-state index is 12.0. The molecule has 0 saturated carbocycles. The van der Waals surface area contributed by atoms with Crippen LogP contribution in [-0.2, 0) is 7.05 Å². The van der Waals surface area contributed by atoms with Gasteiger partial charge in [-0.05, 0) is 17.5 Å². The summed E-state index contributed by atoms with van der Waals surface area (Å²) in [6.45, 7) is 4.11. The quantitative estimate of drug-likeness (QED) is 0.877. The number of aromatic amines is 1. The molecule has 0 aromatic carbocycles. The molecule has 0 saturated heterocycles. The fourth-order valence-corrected chi connectivity index (χ4v) is 1.69. The molecule has 1 amide bonds. The van der Waals surface area contributed by atoms with Crippen LogP contribution in [0.3, 0.4) is 0 Å². The normalized spacial score (nSPS) is 10.7. The number of carbonyl (C=O) groups is 1. The molecule has 100 valence electrons. The van der Waals surface area contributed by atoms with Gasteiger partial charge in [0.2, 0.25) is 0 Å². The van der Waals surface area contributed by atoms with Gasteiger partial charge in [-0.25, -0.2) is 4.79 Å². The Morgan fingerprint density at radius 3 is 2.74 bits per heavy atom. The maximum atomic E-state index is 12.0. The Kier molecular flexibility index (Phi) is 3.50. The van der Waals surface area contributed by atoms with Crippen molar-refractivity contribution in [3.8, 4) is 0 Å². The summed E-state index contributed by atoms with van der Waals surface area (Å²) in [5.74, 6) is -0.00970. The number of aromatic nitrogens is 3. The summed E-state index contributed by atoms with van der Waals surface area (Å²) in [5, 5.41) is 2.73. The second-order valence-electron chi connectivity index (χ2n) is 4.65. The van der Waals surface area contributed by atoms with Crippen molar-refractivity contribution in [3.05, 3.63) is 46.4 Å². The van der Waals surface area contributed by atoms with E-state index in [2.05, 4.69) is 29.1 Å². The van der Waals surface area contributed by atoms with Crippen molar-refractivity contribution in [3.63, 3.8) is 0 Å². The van der Waals surface area contributed by atoms with Crippen molar-refractivity contribution in [1.29, 1.82) is 0 Å². The summed E-state index contributed by atoms with van der Waals surface area (Å²) in [6.07, 6.45) is 4.73. The lowest BCUT2D eigenvalue weighted by Crippen LogP contribution is -2.21. The van der Waals surface area contributed by atoms with Crippen LogP contribution in [0.25, 0.3) is 0 Å². The molecule has 0 bridgehead atoms. The van der Waals surface area contributed by atoms with Crippen LogP contribution >= 0.6 is 0 Å². The molecule has 0 aliphatic heterocycles. The molecule has 0 radical (unpaired) electrons. The number of hydrogen-bond donors (Lipinski definition) is 2. The number of nitrogens with one attached hydrogen (secondary N) is 2. The molecule has 19 heavy (non-hydrogen) atoms. The largest absolute Gasteiger partial charge is 0.325 e. The third kappa shape index (κ3) is 2.73. The van der Waals surface area contributed by atoms with E-state index in [1.165, 1.54) is 17.8 Å². The first kappa shape index (κ1) is 13.1. The number of pyridine rings is 1. The zero-order valence-electron chi connectivity index (χ0n) is 11.1. The van der Waals surface area contributed by atoms with Crippen LogP contribution in [-0.4, -0.2) is 20.4 Å². The minimum Gasteiger partial charge on any atom is -0.319 e. The highest BCUT2D eigenvalue weighted by atomic mass is 16.2. The number of rotatable bonds is 3. The minimum atomic E-state index is -0.344. The van der Waals surface area contributed by atoms with Crippen molar-refractivity contribution in [2.24, 2.45) is 7.05 Å². The van der Waals surface area contributed by atoms with E-state index in [1.54, 1.807) is 12.4 Å². The number of amides is 1. The molecule has 2 N–H and O–H groups in total. The smallest absolute Gasteiger partial charge is 0.319 e. The average Bonchev–Trinajstić information content (AvgIpc) is 2.70. The zero-order valence-corrected chi connectivity index (χ0v) is 11.1. The fraction of sp³-hybridized carbons (Fsp3) is 0.308. The molecule has 0 fully saturated rings. The predicted octanol–water partition coefficient (Wildman–Crippen LogP) is 1.48. The van der Waals surface area contributed by atoms with E-state index in [0.717, 1.165) is 5.56 Å². The summed E-state index contributed by atoms with van der Waals surface area (Å²) in [7, 11) is 1.54. The molecular weight excluding hydrogens is 244 g/mol. The zero-order chi connectivity index (χ0) is 14.0. The molecule has 2 aromatic heterocycles.